The van der Waals surface area contributed by atoms with E-state index in [0.29, 0.717) is 17.7 Å². The van der Waals surface area contributed by atoms with Crippen molar-refractivity contribution in [1.82, 2.24) is 4.90 Å². The van der Waals surface area contributed by atoms with Crippen molar-refractivity contribution >= 4 is 5.91 Å². The van der Waals surface area contributed by atoms with Crippen molar-refractivity contribution in [2.24, 2.45) is 5.73 Å². The third-order valence-electron chi connectivity index (χ3n) is 3.76. The summed E-state index contributed by atoms with van der Waals surface area (Å²) < 4.78 is 13.9. The summed E-state index contributed by atoms with van der Waals surface area (Å²) in [5, 5.41) is 8.74. The minimum absolute atomic E-state index is 0.143. The molecule has 0 aliphatic heterocycles. The van der Waals surface area contributed by atoms with Gasteiger partial charge in [-0.15, -0.1) is 0 Å². The molecule has 1 amide bonds. The van der Waals surface area contributed by atoms with Crippen LogP contribution in [0.3, 0.4) is 0 Å². The van der Waals surface area contributed by atoms with Crippen LogP contribution < -0.4 is 5.73 Å². The molecule has 0 radical (unpaired) electrons. The second-order valence-corrected chi connectivity index (χ2v) is 5.23. The topological polar surface area (TPSA) is 70.1 Å². The quantitative estimate of drug-likeness (QED) is 0.892. The Labute approximate surface area is 118 Å². The van der Waals surface area contributed by atoms with Crippen LogP contribution in [0.25, 0.3) is 0 Å². The minimum atomic E-state index is -0.406. The second kappa shape index (κ2) is 6.49. The lowest BCUT2D eigenvalue weighted by Crippen LogP contribution is -2.39. The van der Waals surface area contributed by atoms with Gasteiger partial charge in [0, 0.05) is 18.2 Å². The number of primary amides is 1. The van der Waals surface area contributed by atoms with Crippen molar-refractivity contribution in [3.63, 3.8) is 0 Å². The van der Waals surface area contributed by atoms with Crippen LogP contribution in [0, 0.1) is 17.1 Å². The molecule has 0 saturated heterocycles. The van der Waals surface area contributed by atoms with Gasteiger partial charge in [-0.05, 0) is 25.0 Å². The molecule has 0 spiro atoms. The highest BCUT2D eigenvalue weighted by Crippen LogP contribution is 2.25. The van der Waals surface area contributed by atoms with Crippen LogP contribution in [0.4, 0.5) is 4.39 Å². The van der Waals surface area contributed by atoms with Crippen LogP contribution in [-0.2, 0) is 11.3 Å². The molecule has 0 heterocycles. The van der Waals surface area contributed by atoms with Gasteiger partial charge in [0.2, 0.25) is 5.91 Å². The van der Waals surface area contributed by atoms with Gasteiger partial charge in [0.1, 0.15) is 5.82 Å². The Kier molecular flexibility index (Phi) is 4.70. The molecule has 1 aliphatic rings. The van der Waals surface area contributed by atoms with Gasteiger partial charge in [0.15, 0.2) is 0 Å². The molecule has 0 bridgehead atoms. The van der Waals surface area contributed by atoms with E-state index in [1.165, 1.54) is 6.07 Å². The number of rotatable bonds is 5. The SMILES string of the molecule is N#Cc1ccc(CN(CC(N)=O)C2CCCC2)c(F)c1. The van der Waals surface area contributed by atoms with E-state index in [0.717, 1.165) is 25.7 Å². The van der Waals surface area contributed by atoms with Gasteiger partial charge in [-0.1, -0.05) is 18.9 Å². The Morgan fingerprint density at radius 3 is 2.70 bits per heavy atom. The lowest BCUT2D eigenvalue weighted by Gasteiger charge is -2.27. The fourth-order valence-electron chi connectivity index (χ4n) is 2.75. The lowest BCUT2D eigenvalue weighted by atomic mass is 10.1. The van der Waals surface area contributed by atoms with Crippen LogP contribution in [0.15, 0.2) is 18.2 Å². The summed E-state index contributed by atoms with van der Waals surface area (Å²) in [6.45, 7) is 0.495. The van der Waals surface area contributed by atoms with Gasteiger partial charge in [-0.3, -0.25) is 9.69 Å². The number of carbonyl (C=O) groups excluding carboxylic acids is 1. The largest absolute Gasteiger partial charge is 0.369 e. The molecule has 0 unspecified atom stereocenters. The van der Waals surface area contributed by atoms with Crippen molar-refractivity contribution in [1.29, 1.82) is 5.26 Å². The molecule has 106 valence electrons. The average molecular weight is 275 g/mol. The monoisotopic (exact) mass is 275 g/mol. The van der Waals surface area contributed by atoms with Gasteiger partial charge in [0.05, 0.1) is 18.2 Å². The van der Waals surface area contributed by atoms with Crippen molar-refractivity contribution in [2.75, 3.05) is 6.54 Å². The summed E-state index contributed by atoms with van der Waals surface area (Å²) in [5.41, 5.74) is 6.08. The van der Waals surface area contributed by atoms with Crippen LogP contribution in [0.1, 0.15) is 36.8 Å². The predicted octanol–water partition coefficient (Wildman–Crippen LogP) is 1.93. The summed E-state index contributed by atoms with van der Waals surface area (Å²) in [6.07, 6.45) is 4.31. The molecule has 20 heavy (non-hydrogen) atoms. The van der Waals surface area contributed by atoms with E-state index in [1.807, 2.05) is 11.0 Å². The molecule has 5 heteroatoms. The van der Waals surface area contributed by atoms with E-state index >= 15 is 0 Å². The van der Waals surface area contributed by atoms with Crippen LogP contribution in [0.5, 0.6) is 0 Å². The molecule has 0 aromatic heterocycles. The Morgan fingerprint density at radius 2 is 2.15 bits per heavy atom. The zero-order valence-electron chi connectivity index (χ0n) is 11.3. The molecule has 1 aromatic rings. The predicted molar refractivity (Wildman–Crippen MR) is 73.0 cm³/mol. The first-order chi connectivity index (χ1) is 9.60. The van der Waals surface area contributed by atoms with Crippen molar-refractivity contribution in [2.45, 2.75) is 38.3 Å². The van der Waals surface area contributed by atoms with E-state index in [-0.39, 0.29) is 12.6 Å². The fourth-order valence-corrected chi connectivity index (χ4v) is 2.75. The highest BCUT2D eigenvalue weighted by atomic mass is 19.1. The first-order valence-corrected chi connectivity index (χ1v) is 6.81. The molecular weight excluding hydrogens is 257 g/mol. The maximum absolute atomic E-state index is 13.9. The standard InChI is InChI=1S/C15H18FN3O/c16-14-7-11(8-17)5-6-12(14)9-19(10-15(18)20)13-3-1-2-4-13/h5-7,13H,1-4,9-10H2,(H2,18,20). The average Bonchev–Trinajstić information content (AvgIpc) is 2.93. The van der Waals surface area contributed by atoms with E-state index in [2.05, 4.69) is 0 Å². The minimum Gasteiger partial charge on any atom is -0.369 e. The number of nitrogens with zero attached hydrogens (tertiary/aromatic N) is 2. The smallest absolute Gasteiger partial charge is 0.231 e. The third-order valence-corrected chi connectivity index (χ3v) is 3.76. The number of carbonyl (C=O) groups is 1. The second-order valence-electron chi connectivity index (χ2n) is 5.23. The van der Waals surface area contributed by atoms with Crippen LogP contribution in [0.2, 0.25) is 0 Å². The Morgan fingerprint density at radius 1 is 1.45 bits per heavy atom. The highest BCUT2D eigenvalue weighted by molar-refractivity contribution is 5.76. The van der Waals surface area contributed by atoms with E-state index < -0.39 is 11.7 Å². The third kappa shape index (κ3) is 3.55. The number of benzene rings is 1. The van der Waals surface area contributed by atoms with Gasteiger partial charge in [-0.2, -0.15) is 5.26 Å². The normalized spacial score (nSPS) is 15.4. The van der Waals surface area contributed by atoms with Gasteiger partial charge in [0.25, 0.3) is 0 Å². The molecule has 4 nitrogen and oxygen atoms in total. The first kappa shape index (κ1) is 14.5. The van der Waals surface area contributed by atoms with Gasteiger partial charge >= 0.3 is 0 Å². The molecule has 0 atom stereocenters. The Bertz CT molecular complexity index is 532. The van der Waals surface area contributed by atoms with Gasteiger partial charge in [-0.25, -0.2) is 4.39 Å². The van der Waals surface area contributed by atoms with Crippen molar-refractivity contribution in [3.8, 4) is 6.07 Å². The highest BCUT2D eigenvalue weighted by Gasteiger charge is 2.24. The number of amides is 1. The van der Waals surface area contributed by atoms with E-state index in [4.69, 9.17) is 11.0 Å². The number of nitriles is 1. The zero-order chi connectivity index (χ0) is 14.5. The van der Waals surface area contributed by atoms with Crippen LogP contribution in [-0.4, -0.2) is 23.4 Å². The molecular formula is C15H18FN3O. The summed E-state index contributed by atoms with van der Waals surface area (Å²) in [6, 6.07) is 6.63. The molecule has 2 N–H and O–H groups in total. The maximum Gasteiger partial charge on any atom is 0.231 e. The summed E-state index contributed by atoms with van der Waals surface area (Å²) in [5.74, 6) is -0.803. The van der Waals surface area contributed by atoms with Crippen LogP contribution >= 0.6 is 0 Å². The summed E-state index contributed by atoms with van der Waals surface area (Å²) >= 11 is 0. The summed E-state index contributed by atoms with van der Waals surface area (Å²) in [7, 11) is 0. The van der Waals surface area contributed by atoms with E-state index in [9.17, 15) is 9.18 Å². The molecule has 1 saturated carbocycles. The zero-order valence-corrected chi connectivity index (χ0v) is 11.3. The molecule has 1 aromatic carbocycles. The molecule has 2 rings (SSSR count). The Hall–Kier alpha value is -1.93. The Balaban J connectivity index is 2.14. The maximum atomic E-state index is 13.9. The lowest BCUT2D eigenvalue weighted by molar-refractivity contribution is -0.119. The van der Waals surface area contributed by atoms with Crippen molar-refractivity contribution in [3.05, 3.63) is 35.1 Å². The van der Waals surface area contributed by atoms with E-state index in [1.54, 1.807) is 12.1 Å². The first-order valence-electron chi connectivity index (χ1n) is 6.81. The summed E-state index contributed by atoms with van der Waals surface area (Å²) in [4.78, 5) is 13.1. The fraction of sp³-hybridized carbons (Fsp3) is 0.467. The van der Waals surface area contributed by atoms with Gasteiger partial charge < -0.3 is 5.73 Å². The number of nitrogens with two attached hydrogens (primary N) is 1. The van der Waals surface area contributed by atoms with Crippen molar-refractivity contribution < 1.29 is 9.18 Å². The molecule has 1 aliphatic carbocycles. The number of halogens is 1. The number of hydrogen-bond donors (Lipinski definition) is 1. The number of hydrogen-bond acceptors (Lipinski definition) is 3. The molecule has 1 fully saturated rings.